The van der Waals surface area contributed by atoms with E-state index < -0.39 is 0 Å². The van der Waals surface area contributed by atoms with Gasteiger partial charge in [0.1, 0.15) is 0 Å². The number of quaternary nitrogens is 1. The summed E-state index contributed by atoms with van der Waals surface area (Å²) in [5.74, 6) is -0.0943. The van der Waals surface area contributed by atoms with Crippen LogP contribution >= 0.6 is 0 Å². The summed E-state index contributed by atoms with van der Waals surface area (Å²) in [6.45, 7) is 6.67. The summed E-state index contributed by atoms with van der Waals surface area (Å²) in [6, 6.07) is 5.92. The fourth-order valence-electron chi connectivity index (χ4n) is 3.43. The van der Waals surface area contributed by atoms with Gasteiger partial charge >= 0.3 is 0 Å². The Balaban J connectivity index is 1.84. The van der Waals surface area contributed by atoms with E-state index in [2.05, 4.69) is 5.32 Å². The second-order valence-corrected chi connectivity index (χ2v) is 7.26. The molecular formula is C20H32N3O2+. The minimum absolute atomic E-state index is 0.0484. The lowest BCUT2D eigenvalue weighted by Crippen LogP contribution is -3.13. The number of hydrogen-bond acceptors (Lipinski definition) is 2. The van der Waals surface area contributed by atoms with Crippen molar-refractivity contribution < 1.29 is 14.5 Å². The number of hydrogen-bond donors (Lipinski definition) is 2. The summed E-state index contributed by atoms with van der Waals surface area (Å²) < 4.78 is 0. The Morgan fingerprint density at radius 2 is 1.60 bits per heavy atom. The molecule has 25 heavy (non-hydrogen) atoms. The zero-order valence-corrected chi connectivity index (χ0v) is 15.9. The predicted molar refractivity (Wildman–Crippen MR) is 101 cm³/mol. The molecule has 0 atom stereocenters. The van der Waals surface area contributed by atoms with Crippen LogP contribution in [0.15, 0.2) is 18.2 Å². The molecule has 1 aliphatic heterocycles. The standard InChI is InChI=1S/C20H31N3O2/c1-16-10-9-11-17(2)20(16)21-18(24)14-22(3)19(25)15-23-12-7-5-4-6-8-13-23/h9-11H,4-8,12-15H2,1-3H3,(H,21,24)/p+1. The third kappa shape index (κ3) is 6.16. The highest BCUT2D eigenvalue weighted by Crippen LogP contribution is 2.19. The smallest absolute Gasteiger partial charge is 0.277 e. The van der Waals surface area contributed by atoms with Crippen molar-refractivity contribution in [3.8, 4) is 0 Å². The van der Waals surface area contributed by atoms with Gasteiger partial charge in [-0.1, -0.05) is 24.6 Å². The van der Waals surface area contributed by atoms with E-state index in [4.69, 9.17) is 0 Å². The molecule has 5 nitrogen and oxygen atoms in total. The minimum atomic E-state index is -0.143. The fraction of sp³-hybridized carbons (Fsp3) is 0.600. The van der Waals surface area contributed by atoms with Crippen LogP contribution in [0, 0.1) is 13.8 Å². The highest BCUT2D eigenvalue weighted by molar-refractivity contribution is 5.95. The van der Waals surface area contributed by atoms with Crippen molar-refractivity contribution in [2.45, 2.75) is 46.0 Å². The van der Waals surface area contributed by atoms with Crippen molar-refractivity contribution in [1.29, 1.82) is 0 Å². The Hall–Kier alpha value is -1.88. The SMILES string of the molecule is Cc1cccc(C)c1NC(=O)CN(C)C(=O)C[NH+]1CCCCCCC1. The van der Waals surface area contributed by atoms with Crippen molar-refractivity contribution in [2.24, 2.45) is 0 Å². The Morgan fingerprint density at radius 1 is 1.04 bits per heavy atom. The van der Waals surface area contributed by atoms with Crippen LogP contribution in [-0.4, -0.2) is 49.9 Å². The Bertz CT molecular complexity index is 572. The van der Waals surface area contributed by atoms with Crippen LogP contribution in [0.25, 0.3) is 0 Å². The molecule has 1 heterocycles. The van der Waals surface area contributed by atoms with Crippen molar-refractivity contribution in [3.05, 3.63) is 29.3 Å². The van der Waals surface area contributed by atoms with Crippen LogP contribution in [-0.2, 0) is 9.59 Å². The summed E-state index contributed by atoms with van der Waals surface area (Å²) in [4.78, 5) is 27.7. The molecule has 2 N–H and O–H groups in total. The number of para-hydroxylation sites is 1. The summed E-state index contributed by atoms with van der Waals surface area (Å²) in [5, 5.41) is 2.95. The molecule has 0 aromatic heterocycles. The van der Waals surface area contributed by atoms with Gasteiger partial charge in [0.15, 0.2) is 6.54 Å². The zero-order valence-electron chi connectivity index (χ0n) is 15.9. The van der Waals surface area contributed by atoms with Gasteiger partial charge in [-0.2, -0.15) is 0 Å². The number of anilines is 1. The molecule has 2 rings (SSSR count). The van der Waals surface area contributed by atoms with Crippen molar-refractivity contribution in [1.82, 2.24) is 4.90 Å². The highest BCUT2D eigenvalue weighted by atomic mass is 16.2. The van der Waals surface area contributed by atoms with E-state index in [1.54, 1.807) is 11.9 Å². The molecule has 0 saturated carbocycles. The molecule has 138 valence electrons. The molecule has 1 aromatic carbocycles. The Labute approximate surface area is 151 Å². The van der Waals surface area contributed by atoms with Gasteiger partial charge in [0.25, 0.3) is 5.91 Å². The van der Waals surface area contributed by atoms with Crippen LogP contribution in [0.2, 0.25) is 0 Å². The number of nitrogens with one attached hydrogen (secondary N) is 2. The number of carbonyl (C=O) groups is 2. The van der Waals surface area contributed by atoms with Gasteiger partial charge in [-0.05, 0) is 50.7 Å². The summed E-state index contributed by atoms with van der Waals surface area (Å²) >= 11 is 0. The number of nitrogens with zero attached hydrogens (tertiary/aromatic N) is 1. The molecular weight excluding hydrogens is 314 g/mol. The van der Waals surface area contributed by atoms with Gasteiger partial charge in [0.05, 0.1) is 19.6 Å². The van der Waals surface area contributed by atoms with E-state index in [0.717, 1.165) is 29.9 Å². The van der Waals surface area contributed by atoms with E-state index in [0.29, 0.717) is 6.54 Å². The second-order valence-electron chi connectivity index (χ2n) is 7.26. The van der Waals surface area contributed by atoms with Crippen LogP contribution in [0.4, 0.5) is 5.69 Å². The lowest BCUT2D eigenvalue weighted by Gasteiger charge is -2.24. The minimum Gasteiger partial charge on any atom is -0.332 e. The van der Waals surface area contributed by atoms with Crippen molar-refractivity contribution in [3.63, 3.8) is 0 Å². The number of benzene rings is 1. The molecule has 0 aliphatic carbocycles. The monoisotopic (exact) mass is 346 g/mol. The number of rotatable bonds is 5. The first-order valence-electron chi connectivity index (χ1n) is 9.41. The quantitative estimate of drug-likeness (QED) is 0.850. The van der Waals surface area contributed by atoms with Gasteiger partial charge in [-0.3, -0.25) is 9.59 Å². The topological polar surface area (TPSA) is 53.9 Å². The van der Waals surface area contributed by atoms with Gasteiger partial charge in [0.2, 0.25) is 5.91 Å². The maximum absolute atomic E-state index is 12.5. The average Bonchev–Trinajstić information content (AvgIpc) is 2.53. The van der Waals surface area contributed by atoms with E-state index in [1.807, 2.05) is 32.0 Å². The molecule has 0 bridgehead atoms. The number of likely N-dealkylation sites (tertiary alicyclic amines) is 1. The number of likely N-dealkylation sites (N-methyl/N-ethyl adjacent to an activating group) is 1. The van der Waals surface area contributed by atoms with Gasteiger partial charge in [0, 0.05) is 12.7 Å². The molecule has 1 aliphatic rings. The van der Waals surface area contributed by atoms with Crippen LogP contribution in [0.3, 0.4) is 0 Å². The molecule has 1 aromatic rings. The molecule has 2 amide bonds. The van der Waals surface area contributed by atoms with Crippen LogP contribution in [0.1, 0.15) is 43.2 Å². The summed E-state index contributed by atoms with van der Waals surface area (Å²) in [6.07, 6.45) is 6.25. The normalized spacial score (nSPS) is 16.0. The molecule has 0 unspecified atom stereocenters. The van der Waals surface area contributed by atoms with Crippen LogP contribution < -0.4 is 10.2 Å². The van der Waals surface area contributed by atoms with E-state index in [9.17, 15) is 9.59 Å². The third-order valence-electron chi connectivity index (χ3n) is 5.01. The van der Waals surface area contributed by atoms with Crippen molar-refractivity contribution in [2.75, 3.05) is 38.5 Å². The van der Waals surface area contributed by atoms with E-state index >= 15 is 0 Å². The first-order valence-corrected chi connectivity index (χ1v) is 9.41. The van der Waals surface area contributed by atoms with Crippen LogP contribution in [0.5, 0.6) is 0 Å². The first kappa shape index (κ1) is 19.4. The number of aryl methyl sites for hydroxylation is 2. The third-order valence-corrected chi connectivity index (χ3v) is 5.01. The molecule has 1 fully saturated rings. The van der Waals surface area contributed by atoms with E-state index in [1.165, 1.54) is 37.0 Å². The fourth-order valence-corrected chi connectivity index (χ4v) is 3.43. The summed E-state index contributed by atoms with van der Waals surface area (Å²) in [5.41, 5.74) is 2.92. The first-order chi connectivity index (χ1) is 12.0. The highest BCUT2D eigenvalue weighted by Gasteiger charge is 2.20. The summed E-state index contributed by atoms with van der Waals surface area (Å²) in [7, 11) is 1.72. The Morgan fingerprint density at radius 3 is 2.20 bits per heavy atom. The average molecular weight is 346 g/mol. The molecule has 0 spiro atoms. The molecule has 1 saturated heterocycles. The second kappa shape index (κ2) is 9.56. The maximum Gasteiger partial charge on any atom is 0.277 e. The lowest BCUT2D eigenvalue weighted by atomic mass is 10.1. The van der Waals surface area contributed by atoms with Crippen molar-refractivity contribution >= 4 is 17.5 Å². The van der Waals surface area contributed by atoms with Gasteiger partial charge < -0.3 is 15.1 Å². The lowest BCUT2D eigenvalue weighted by molar-refractivity contribution is -0.893. The predicted octanol–water partition coefficient (Wildman–Crippen LogP) is 1.55. The number of amides is 2. The maximum atomic E-state index is 12.5. The zero-order chi connectivity index (χ0) is 18.2. The molecule has 5 heteroatoms. The largest absolute Gasteiger partial charge is 0.332 e. The van der Waals surface area contributed by atoms with Gasteiger partial charge in [-0.15, -0.1) is 0 Å². The molecule has 0 radical (unpaired) electrons. The number of carbonyl (C=O) groups excluding carboxylic acids is 2. The van der Waals surface area contributed by atoms with Gasteiger partial charge in [-0.25, -0.2) is 0 Å². The Kier molecular flexibility index (Phi) is 7.44. The van der Waals surface area contributed by atoms with E-state index in [-0.39, 0.29) is 18.4 Å².